The number of hydrogen-bond acceptors (Lipinski definition) is 8. The topological polar surface area (TPSA) is 99.7 Å². The first-order valence-corrected chi connectivity index (χ1v) is 14.0. The van der Waals surface area contributed by atoms with E-state index in [0.717, 1.165) is 12.8 Å². The highest BCUT2D eigenvalue weighted by molar-refractivity contribution is 5.66. The molecular formula is C29H52N4O6. The van der Waals surface area contributed by atoms with E-state index >= 15 is 0 Å². The molecule has 0 N–H and O–H groups in total. The van der Waals surface area contributed by atoms with Gasteiger partial charge in [-0.3, -0.25) is 19.2 Å². The van der Waals surface area contributed by atoms with E-state index in [2.05, 4.69) is 27.7 Å². The van der Waals surface area contributed by atoms with Gasteiger partial charge in [-0.1, -0.05) is 27.7 Å². The molecule has 0 aromatic carbocycles. The summed E-state index contributed by atoms with van der Waals surface area (Å²) < 4.78 is 0. The van der Waals surface area contributed by atoms with Gasteiger partial charge in [0.05, 0.1) is 28.8 Å². The quantitative estimate of drug-likeness (QED) is 0.331. The van der Waals surface area contributed by atoms with Crippen molar-refractivity contribution in [3.8, 4) is 0 Å². The van der Waals surface area contributed by atoms with Gasteiger partial charge >= 0.3 is 11.9 Å². The predicted octanol–water partition coefficient (Wildman–Crippen LogP) is 3.84. The van der Waals surface area contributed by atoms with E-state index in [4.69, 9.17) is 9.68 Å². The van der Waals surface area contributed by atoms with Crippen molar-refractivity contribution in [2.75, 3.05) is 6.67 Å². The maximum absolute atomic E-state index is 12.7. The summed E-state index contributed by atoms with van der Waals surface area (Å²) in [6, 6.07) is -0.455. The first kappa shape index (κ1) is 33.0. The predicted molar refractivity (Wildman–Crippen MR) is 148 cm³/mol. The van der Waals surface area contributed by atoms with E-state index in [0.29, 0.717) is 0 Å². The fourth-order valence-corrected chi connectivity index (χ4v) is 7.22. The molecule has 2 rings (SSSR count). The largest absolute Gasteiger partial charge is 0.367 e. The second kappa shape index (κ2) is 11.0. The van der Waals surface area contributed by atoms with Crippen LogP contribution in [-0.4, -0.2) is 85.6 Å². The number of piperidine rings is 2. The molecule has 0 radical (unpaired) electrons. The summed E-state index contributed by atoms with van der Waals surface area (Å²) in [6.45, 7) is 27.3. The van der Waals surface area contributed by atoms with Crippen molar-refractivity contribution in [3.05, 3.63) is 0 Å². The first-order chi connectivity index (χ1) is 17.6. The minimum atomic E-state index is -0.584. The van der Waals surface area contributed by atoms with Crippen molar-refractivity contribution in [3.63, 3.8) is 0 Å². The van der Waals surface area contributed by atoms with Crippen molar-refractivity contribution in [1.29, 1.82) is 0 Å². The second-order valence-electron chi connectivity index (χ2n) is 13.9. The molecule has 0 spiro atoms. The molecule has 2 heterocycles. The monoisotopic (exact) mass is 552 g/mol. The standard InChI is InChI=1S/C29H52N4O6/c1-18-24(19(2)27(9,10)32(26(18,7)8)38-22(5)36)30(16-34)15-31(17-35)25-20(3)28(11,12)33(39-23(6)37)29(13,14)21(25)4/h16-21,24-25H,15H2,1-14H3. The summed E-state index contributed by atoms with van der Waals surface area (Å²) in [6.07, 6.45) is 1.67. The first-order valence-electron chi connectivity index (χ1n) is 14.0. The van der Waals surface area contributed by atoms with Crippen molar-refractivity contribution in [2.45, 2.75) is 131 Å². The highest BCUT2D eigenvalue weighted by Gasteiger charge is 2.60. The molecule has 4 unspecified atom stereocenters. The molecule has 224 valence electrons. The van der Waals surface area contributed by atoms with Gasteiger partial charge in [0.15, 0.2) is 0 Å². The molecule has 2 fully saturated rings. The fraction of sp³-hybridized carbons (Fsp3) is 0.862. The van der Waals surface area contributed by atoms with Crippen LogP contribution in [0.4, 0.5) is 0 Å². The number of nitrogens with zero attached hydrogens (tertiary/aromatic N) is 4. The molecule has 0 aromatic rings. The Morgan fingerprint density at radius 2 is 0.846 bits per heavy atom. The van der Waals surface area contributed by atoms with Crippen LogP contribution in [0.15, 0.2) is 0 Å². The SMILES string of the molecule is CC(=O)ON1C(C)(C)C(C)C(N(C=O)CN(C=O)C2C(C)C(C)(C)N(OC(C)=O)C(C)(C)C2C)C(C)C1(C)C. The Hall–Kier alpha value is -2.20. The van der Waals surface area contributed by atoms with Crippen molar-refractivity contribution < 1.29 is 28.9 Å². The normalized spacial score (nSPS) is 33.5. The number of rotatable bonds is 8. The van der Waals surface area contributed by atoms with E-state index in [1.165, 1.54) is 13.8 Å². The Balaban J connectivity index is 2.49. The molecule has 4 atom stereocenters. The van der Waals surface area contributed by atoms with Crippen LogP contribution in [0.5, 0.6) is 0 Å². The number of amides is 2. The summed E-state index contributed by atoms with van der Waals surface area (Å²) in [7, 11) is 0. The van der Waals surface area contributed by atoms with Crippen molar-refractivity contribution in [1.82, 2.24) is 19.9 Å². The number of hydroxylamine groups is 4. The van der Waals surface area contributed by atoms with E-state index in [-0.39, 0.29) is 54.4 Å². The second-order valence-corrected chi connectivity index (χ2v) is 13.9. The third-order valence-corrected chi connectivity index (χ3v) is 10.4. The molecule has 0 bridgehead atoms. The highest BCUT2D eigenvalue weighted by atomic mass is 16.7. The van der Waals surface area contributed by atoms with Gasteiger partial charge in [0.25, 0.3) is 0 Å². The van der Waals surface area contributed by atoms with Gasteiger partial charge in [-0.2, -0.15) is 0 Å². The van der Waals surface area contributed by atoms with Gasteiger partial charge in [0, 0.05) is 25.9 Å². The molecule has 2 saturated heterocycles. The molecule has 0 aliphatic carbocycles. The lowest BCUT2D eigenvalue weighted by Gasteiger charge is -2.62. The van der Waals surface area contributed by atoms with Crippen molar-refractivity contribution >= 4 is 24.8 Å². The maximum Gasteiger partial charge on any atom is 0.322 e. The van der Waals surface area contributed by atoms with Crippen LogP contribution in [0.1, 0.15) is 96.9 Å². The molecule has 2 aliphatic heterocycles. The Kier molecular flexibility index (Phi) is 9.30. The van der Waals surface area contributed by atoms with Crippen molar-refractivity contribution in [2.24, 2.45) is 23.7 Å². The molecule has 0 aromatic heterocycles. The summed E-state index contributed by atoms with van der Waals surface area (Å²) in [5.74, 6) is -1.14. The van der Waals surface area contributed by atoms with Gasteiger partial charge in [0.2, 0.25) is 12.8 Å². The molecular weight excluding hydrogens is 500 g/mol. The van der Waals surface area contributed by atoms with Crippen LogP contribution in [0.25, 0.3) is 0 Å². The van der Waals surface area contributed by atoms with Crippen LogP contribution in [0, 0.1) is 23.7 Å². The summed E-state index contributed by atoms with van der Waals surface area (Å²) in [4.78, 5) is 64.3. The Labute approximate surface area is 235 Å². The van der Waals surface area contributed by atoms with Gasteiger partial charge in [-0.15, -0.1) is 10.1 Å². The molecule has 2 amide bonds. The zero-order valence-electron chi connectivity index (χ0n) is 26.6. The highest BCUT2D eigenvalue weighted by Crippen LogP contribution is 2.49. The minimum Gasteiger partial charge on any atom is -0.367 e. The van der Waals surface area contributed by atoms with E-state index < -0.39 is 22.2 Å². The van der Waals surface area contributed by atoms with E-state index in [1.807, 2.05) is 55.4 Å². The van der Waals surface area contributed by atoms with Crippen LogP contribution < -0.4 is 0 Å². The molecule has 10 nitrogen and oxygen atoms in total. The Bertz CT molecular complexity index is 830. The molecule has 2 aliphatic rings. The number of carbonyl (C=O) groups is 4. The van der Waals surface area contributed by atoms with Crippen LogP contribution >= 0.6 is 0 Å². The van der Waals surface area contributed by atoms with Crippen LogP contribution in [0.2, 0.25) is 0 Å². The van der Waals surface area contributed by atoms with Crippen LogP contribution in [0.3, 0.4) is 0 Å². The number of carbonyl (C=O) groups excluding carboxylic acids is 4. The summed E-state index contributed by atoms with van der Waals surface area (Å²) in [5, 5.41) is 3.54. The van der Waals surface area contributed by atoms with Gasteiger partial charge < -0.3 is 19.5 Å². The maximum atomic E-state index is 12.7. The third kappa shape index (κ3) is 5.56. The number of hydrogen-bond donors (Lipinski definition) is 0. The minimum absolute atomic E-state index is 0.0906. The zero-order valence-corrected chi connectivity index (χ0v) is 26.6. The van der Waals surface area contributed by atoms with Gasteiger partial charge in [-0.05, 0) is 79.1 Å². The van der Waals surface area contributed by atoms with Gasteiger partial charge in [-0.25, -0.2) is 0 Å². The molecule has 10 heteroatoms. The average Bonchev–Trinajstić information content (AvgIpc) is 2.81. The third-order valence-electron chi connectivity index (χ3n) is 10.4. The lowest BCUT2D eigenvalue weighted by Crippen LogP contribution is -2.74. The smallest absolute Gasteiger partial charge is 0.322 e. The average molecular weight is 553 g/mol. The summed E-state index contributed by atoms with van der Waals surface area (Å²) >= 11 is 0. The summed E-state index contributed by atoms with van der Waals surface area (Å²) in [5.41, 5.74) is -2.34. The lowest BCUT2D eigenvalue weighted by atomic mass is 9.65. The molecule has 39 heavy (non-hydrogen) atoms. The molecule has 0 saturated carbocycles. The Morgan fingerprint density at radius 3 is 1.03 bits per heavy atom. The van der Waals surface area contributed by atoms with Gasteiger partial charge in [0.1, 0.15) is 0 Å². The van der Waals surface area contributed by atoms with Crippen LogP contribution in [-0.2, 0) is 28.9 Å². The lowest BCUT2D eigenvalue weighted by molar-refractivity contribution is -0.301. The fourth-order valence-electron chi connectivity index (χ4n) is 7.22. The van der Waals surface area contributed by atoms with E-state index in [9.17, 15) is 19.2 Å². The Morgan fingerprint density at radius 1 is 0.615 bits per heavy atom. The van der Waals surface area contributed by atoms with E-state index in [1.54, 1.807) is 19.9 Å². The zero-order chi connectivity index (χ0) is 30.5.